The highest BCUT2D eigenvalue weighted by molar-refractivity contribution is 14.1. The lowest BCUT2D eigenvalue weighted by Gasteiger charge is -2.21. The second-order valence-corrected chi connectivity index (χ2v) is 8.66. The van der Waals surface area contributed by atoms with Gasteiger partial charge in [-0.1, -0.05) is 0 Å². The number of nitrogen functional groups attached to an aromatic ring is 1. The summed E-state index contributed by atoms with van der Waals surface area (Å²) in [5, 5.41) is 3.11. The van der Waals surface area contributed by atoms with E-state index in [1.54, 1.807) is 12.1 Å². The Morgan fingerprint density at radius 1 is 1.25 bits per heavy atom. The van der Waals surface area contributed by atoms with Crippen LogP contribution in [-0.4, -0.2) is 21.5 Å². The Labute approximate surface area is 197 Å². The molecule has 1 atom stereocenters. The minimum absolute atomic E-state index is 0.168. The number of hydrogen-bond donors (Lipinski definition) is 3. The third kappa shape index (κ3) is 5.61. The van der Waals surface area contributed by atoms with Crippen molar-refractivity contribution in [3.8, 4) is 0 Å². The van der Waals surface area contributed by atoms with Gasteiger partial charge in [0.1, 0.15) is 5.82 Å². The van der Waals surface area contributed by atoms with E-state index >= 15 is 0 Å². The van der Waals surface area contributed by atoms with Crippen LogP contribution in [0.4, 0.5) is 20.3 Å². The SMILES string of the molecule is Cn1cc(C(N)=O)cc(CC(CCc2ccnc(N)c2F)Nc2ccc(I)cc2F)c1=O. The molecule has 168 valence electrons. The van der Waals surface area contributed by atoms with Gasteiger partial charge in [-0.15, -0.1) is 0 Å². The Morgan fingerprint density at radius 3 is 2.69 bits per heavy atom. The number of amides is 1. The zero-order valence-corrected chi connectivity index (χ0v) is 19.4. The minimum atomic E-state index is -0.663. The zero-order chi connectivity index (χ0) is 23.4. The van der Waals surface area contributed by atoms with E-state index in [1.807, 2.05) is 22.6 Å². The molecule has 0 saturated heterocycles. The second-order valence-electron chi connectivity index (χ2n) is 7.41. The molecule has 0 bridgehead atoms. The van der Waals surface area contributed by atoms with Crippen LogP contribution in [0.15, 0.2) is 47.5 Å². The number of nitrogens with zero attached hydrogens (tertiary/aromatic N) is 2. The van der Waals surface area contributed by atoms with Crippen LogP contribution in [0.2, 0.25) is 0 Å². The number of anilines is 2. The van der Waals surface area contributed by atoms with Crippen LogP contribution in [0.5, 0.6) is 0 Å². The molecule has 0 aliphatic carbocycles. The van der Waals surface area contributed by atoms with E-state index in [9.17, 15) is 18.4 Å². The van der Waals surface area contributed by atoms with Gasteiger partial charge < -0.3 is 21.4 Å². The van der Waals surface area contributed by atoms with E-state index in [0.717, 1.165) is 3.57 Å². The molecule has 7 nitrogen and oxygen atoms in total. The molecular weight excluding hydrogens is 531 g/mol. The first-order chi connectivity index (χ1) is 15.2. The van der Waals surface area contributed by atoms with Crippen LogP contribution >= 0.6 is 22.6 Å². The van der Waals surface area contributed by atoms with Crippen molar-refractivity contribution in [2.75, 3.05) is 11.1 Å². The lowest BCUT2D eigenvalue weighted by atomic mass is 9.98. The number of nitrogens with one attached hydrogen (secondary N) is 1. The quantitative estimate of drug-likeness (QED) is 0.371. The van der Waals surface area contributed by atoms with Crippen LogP contribution in [0.1, 0.15) is 27.9 Å². The van der Waals surface area contributed by atoms with Gasteiger partial charge in [-0.25, -0.2) is 13.8 Å². The molecule has 0 fully saturated rings. The molecule has 1 unspecified atom stereocenters. The highest BCUT2D eigenvalue weighted by Crippen LogP contribution is 2.22. The van der Waals surface area contributed by atoms with Gasteiger partial charge in [0.15, 0.2) is 11.6 Å². The number of benzene rings is 1. The summed E-state index contributed by atoms with van der Waals surface area (Å²) >= 11 is 2.01. The Bertz CT molecular complexity index is 1220. The number of aryl methyl sites for hydroxylation is 2. The maximum atomic E-state index is 14.5. The van der Waals surface area contributed by atoms with Crippen molar-refractivity contribution in [2.24, 2.45) is 12.8 Å². The normalized spacial score (nSPS) is 11.9. The van der Waals surface area contributed by atoms with E-state index in [2.05, 4.69) is 10.3 Å². The smallest absolute Gasteiger partial charge is 0.253 e. The van der Waals surface area contributed by atoms with Crippen molar-refractivity contribution >= 4 is 40.0 Å². The summed E-state index contributed by atoms with van der Waals surface area (Å²) in [6.45, 7) is 0. The van der Waals surface area contributed by atoms with Gasteiger partial charge in [0.05, 0.1) is 11.3 Å². The van der Waals surface area contributed by atoms with Gasteiger partial charge in [0, 0.05) is 34.6 Å². The number of carbonyl (C=O) groups is 1. The van der Waals surface area contributed by atoms with Crippen molar-refractivity contribution < 1.29 is 13.6 Å². The molecule has 32 heavy (non-hydrogen) atoms. The van der Waals surface area contributed by atoms with Crippen LogP contribution in [0, 0.1) is 15.2 Å². The average molecular weight is 553 g/mol. The molecule has 2 aromatic heterocycles. The lowest BCUT2D eigenvalue weighted by Crippen LogP contribution is -2.30. The Morgan fingerprint density at radius 2 is 2.00 bits per heavy atom. The third-order valence-electron chi connectivity index (χ3n) is 5.06. The van der Waals surface area contributed by atoms with Crippen molar-refractivity contribution in [2.45, 2.75) is 25.3 Å². The summed E-state index contributed by atoms with van der Waals surface area (Å²) < 4.78 is 30.8. The fourth-order valence-electron chi connectivity index (χ4n) is 3.40. The lowest BCUT2D eigenvalue weighted by molar-refractivity contribution is 0.0999. The van der Waals surface area contributed by atoms with Gasteiger partial charge in [-0.05, 0) is 77.7 Å². The molecule has 0 aliphatic rings. The van der Waals surface area contributed by atoms with Crippen molar-refractivity contribution in [1.82, 2.24) is 9.55 Å². The Kier molecular flexibility index (Phi) is 7.44. The number of aromatic nitrogens is 2. The zero-order valence-electron chi connectivity index (χ0n) is 17.2. The van der Waals surface area contributed by atoms with E-state index in [1.165, 1.54) is 42.2 Å². The fraction of sp³-hybridized carbons (Fsp3) is 0.227. The van der Waals surface area contributed by atoms with Crippen LogP contribution < -0.4 is 22.3 Å². The first kappa shape index (κ1) is 23.6. The molecule has 3 aromatic rings. The first-order valence-electron chi connectivity index (χ1n) is 9.75. The van der Waals surface area contributed by atoms with Gasteiger partial charge >= 0.3 is 0 Å². The number of hydrogen-bond acceptors (Lipinski definition) is 5. The van der Waals surface area contributed by atoms with E-state index in [0.29, 0.717) is 17.5 Å². The summed E-state index contributed by atoms with van der Waals surface area (Å²) in [5.41, 5.74) is 11.8. The van der Waals surface area contributed by atoms with Crippen molar-refractivity contribution in [3.05, 3.63) is 85.0 Å². The molecule has 2 heterocycles. The summed E-state index contributed by atoms with van der Waals surface area (Å²) in [6.07, 6.45) is 3.58. The van der Waals surface area contributed by atoms with Crippen molar-refractivity contribution in [1.29, 1.82) is 0 Å². The predicted molar refractivity (Wildman–Crippen MR) is 127 cm³/mol. The number of pyridine rings is 2. The fourth-order valence-corrected chi connectivity index (χ4v) is 3.86. The van der Waals surface area contributed by atoms with Crippen molar-refractivity contribution in [3.63, 3.8) is 0 Å². The van der Waals surface area contributed by atoms with Gasteiger partial charge in [-0.2, -0.15) is 0 Å². The minimum Gasteiger partial charge on any atom is -0.381 e. The molecular formula is C22H22F2IN5O2. The molecule has 1 aromatic carbocycles. The first-order valence-corrected chi connectivity index (χ1v) is 10.8. The third-order valence-corrected chi connectivity index (χ3v) is 5.73. The van der Waals surface area contributed by atoms with Crippen LogP contribution in [0.25, 0.3) is 0 Å². The number of nitrogens with two attached hydrogens (primary N) is 2. The van der Waals surface area contributed by atoms with Crippen LogP contribution in [0.3, 0.4) is 0 Å². The second kappa shape index (κ2) is 10.1. The summed E-state index contributed by atoms with van der Waals surface area (Å²) in [6, 6.07) is 7.26. The number of rotatable bonds is 8. The number of primary amides is 1. The molecule has 3 rings (SSSR count). The molecule has 1 amide bonds. The number of carbonyl (C=O) groups excluding carboxylic acids is 1. The molecule has 10 heteroatoms. The molecule has 5 N–H and O–H groups in total. The van der Waals surface area contributed by atoms with E-state index in [-0.39, 0.29) is 35.5 Å². The Balaban J connectivity index is 1.92. The highest BCUT2D eigenvalue weighted by atomic mass is 127. The van der Waals surface area contributed by atoms with Gasteiger partial charge in [0.2, 0.25) is 5.91 Å². The standard InChI is InChI=1S/C22H22F2IN5O2/c1-30-11-14(21(27)31)8-13(22(30)32)9-16(29-18-5-3-15(25)10-17(18)23)4-2-12-6-7-28-20(26)19(12)24/h3,5-8,10-11,16,29H,2,4,9H2,1H3,(H2,26,28)(H2,27,31). The van der Waals surface area contributed by atoms with E-state index in [4.69, 9.17) is 11.5 Å². The molecule has 0 radical (unpaired) electrons. The average Bonchev–Trinajstić information content (AvgIpc) is 2.73. The maximum absolute atomic E-state index is 14.5. The monoisotopic (exact) mass is 553 g/mol. The molecule has 0 spiro atoms. The number of halogens is 3. The Hall–Kier alpha value is -3.02. The molecule has 0 saturated carbocycles. The topological polar surface area (TPSA) is 116 Å². The summed E-state index contributed by atoms with van der Waals surface area (Å²) in [7, 11) is 1.52. The summed E-state index contributed by atoms with van der Waals surface area (Å²) in [5.74, 6) is -1.90. The van der Waals surface area contributed by atoms with Crippen LogP contribution in [-0.2, 0) is 19.9 Å². The maximum Gasteiger partial charge on any atom is 0.253 e. The largest absolute Gasteiger partial charge is 0.381 e. The van der Waals surface area contributed by atoms with E-state index < -0.39 is 23.6 Å². The highest BCUT2D eigenvalue weighted by Gasteiger charge is 2.18. The van der Waals surface area contributed by atoms with Gasteiger partial charge in [0.25, 0.3) is 5.56 Å². The van der Waals surface area contributed by atoms with Gasteiger partial charge in [-0.3, -0.25) is 9.59 Å². The summed E-state index contributed by atoms with van der Waals surface area (Å²) in [4.78, 5) is 28.0. The predicted octanol–water partition coefficient (Wildman–Crippen LogP) is 3.00. The molecule has 0 aliphatic heterocycles.